The Labute approximate surface area is 134 Å². The van der Waals surface area contributed by atoms with E-state index in [0.29, 0.717) is 12.6 Å². The monoisotopic (exact) mass is 313 g/mol. The molecule has 2 aromatic heterocycles. The van der Waals surface area contributed by atoms with Crippen LogP contribution in [-0.2, 0) is 4.74 Å². The quantitative estimate of drug-likeness (QED) is 0.849. The number of piperidine rings is 1. The van der Waals surface area contributed by atoms with Crippen LogP contribution in [0.2, 0.25) is 0 Å². The van der Waals surface area contributed by atoms with Crippen LogP contribution in [-0.4, -0.2) is 51.3 Å². The van der Waals surface area contributed by atoms with Gasteiger partial charge in [0.05, 0.1) is 12.2 Å². The Morgan fingerprint density at radius 2 is 1.83 bits per heavy atom. The van der Waals surface area contributed by atoms with Gasteiger partial charge in [0.15, 0.2) is 0 Å². The first-order chi connectivity index (χ1) is 11.3. The lowest BCUT2D eigenvalue weighted by Gasteiger charge is -2.39. The Bertz CT molecular complexity index is 641. The molecule has 2 atom stereocenters. The van der Waals surface area contributed by atoms with Gasteiger partial charge in [-0.3, -0.25) is 0 Å². The zero-order valence-electron chi connectivity index (χ0n) is 12.8. The van der Waals surface area contributed by atoms with Crippen molar-refractivity contribution in [1.29, 1.82) is 0 Å². The normalized spacial score (nSPS) is 27.3. The highest BCUT2D eigenvalue weighted by molar-refractivity contribution is 5.31. The van der Waals surface area contributed by atoms with Crippen molar-refractivity contribution >= 4 is 5.95 Å². The molecule has 0 radical (unpaired) electrons. The minimum absolute atomic E-state index is 0.00552. The molecule has 2 aromatic rings. The molecule has 7 nitrogen and oxygen atoms in total. The second-order valence-electron chi connectivity index (χ2n) is 6.04. The van der Waals surface area contributed by atoms with Crippen molar-refractivity contribution in [2.75, 3.05) is 24.6 Å². The fraction of sp³-hybridized carbons (Fsp3) is 0.500. The van der Waals surface area contributed by atoms with Gasteiger partial charge in [-0.15, -0.1) is 0 Å². The largest absolute Gasteiger partial charge is 0.458 e. The summed E-state index contributed by atoms with van der Waals surface area (Å²) in [6.45, 7) is 2.33. The fourth-order valence-corrected chi connectivity index (χ4v) is 3.38. The van der Waals surface area contributed by atoms with Gasteiger partial charge in [-0.2, -0.15) is 0 Å². The molecule has 0 amide bonds. The van der Waals surface area contributed by atoms with E-state index in [0.717, 1.165) is 38.3 Å². The maximum atomic E-state index is 6.14. The highest BCUT2D eigenvalue weighted by Crippen LogP contribution is 2.36. The van der Waals surface area contributed by atoms with Gasteiger partial charge in [-0.25, -0.2) is 19.9 Å². The summed E-state index contributed by atoms with van der Waals surface area (Å²) in [7, 11) is 0. The number of aromatic nitrogens is 4. The van der Waals surface area contributed by atoms with E-state index in [2.05, 4.69) is 24.8 Å². The third-order valence-electron chi connectivity index (χ3n) is 4.36. The zero-order chi connectivity index (χ0) is 15.5. The number of ether oxygens (including phenoxy) is 2. The van der Waals surface area contributed by atoms with E-state index in [-0.39, 0.29) is 11.7 Å². The summed E-state index contributed by atoms with van der Waals surface area (Å²) < 4.78 is 12.0. The molecule has 0 aliphatic carbocycles. The van der Waals surface area contributed by atoms with Crippen LogP contribution in [0.4, 0.5) is 5.95 Å². The summed E-state index contributed by atoms with van der Waals surface area (Å²) in [5.41, 5.74) is -0.184. The van der Waals surface area contributed by atoms with Gasteiger partial charge in [-0.1, -0.05) is 0 Å². The standard InChI is InChI=1S/C16H19N5O2/c1-4-16(12-21(9-1)14-17-5-2-6-18-14)10-13(11-22-16)23-15-19-7-3-8-20-15/h2-3,5-8,13H,1,4,9-12H2/t13-,16+/m0/s1. The van der Waals surface area contributed by atoms with Crippen molar-refractivity contribution in [3.8, 4) is 6.01 Å². The first kappa shape index (κ1) is 14.3. The van der Waals surface area contributed by atoms with E-state index in [9.17, 15) is 0 Å². The second kappa shape index (κ2) is 6.08. The molecule has 7 heteroatoms. The maximum absolute atomic E-state index is 6.14. The Kier molecular flexibility index (Phi) is 3.78. The van der Waals surface area contributed by atoms with Crippen LogP contribution >= 0.6 is 0 Å². The van der Waals surface area contributed by atoms with Gasteiger partial charge in [-0.05, 0) is 25.0 Å². The third kappa shape index (κ3) is 3.10. The maximum Gasteiger partial charge on any atom is 0.316 e. The number of hydrogen-bond donors (Lipinski definition) is 0. The Hall–Kier alpha value is -2.28. The van der Waals surface area contributed by atoms with Gasteiger partial charge in [0.25, 0.3) is 0 Å². The van der Waals surface area contributed by atoms with Crippen molar-refractivity contribution in [3.05, 3.63) is 36.9 Å². The molecule has 0 saturated carbocycles. The van der Waals surface area contributed by atoms with Gasteiger partial charge in [0, 0.05) is 44.3 Å². The number of hydrogen-bond acceptors (Lipinski definition) is 7. The Morgan fingerprint density at radius 3 is 2.61 bits per heavy atom. The van der Waals surface area contributed by atoms with Crippen LogP contribution in [0, 0.1) is 0 Å². The average Bonchev–Trinajstić information content (AvgIpc) is 2.98. The lowest BCUT2D eigenvalue weighted by atomic mass is 9.89. The molecule has 0 N–H and O–H groups in total. The van der Waals surface area contributed by atoms with Gasteiger partial charge in [0.2, 0.25) is 5.95 Å². The van der Waals surface area contributed by atoms with Crippen LogP contribution in [0.5, 0.6) is 6.01 Å². The highest BCUT2D eigenvalue weighted by atomic mass is 16.6. The molecule has 0 aromatic carbocycles. The van der Waals surface area contributed by atoms with Crippen molar-refractivity contribution in [2.24, 2.45) is 0 Å². The smallest absolute Gasteiger partial charge is 0.316 e. The molecular formula is C16H19N5O2. The van der Waals surface area contributed by atoms with Crippen LogP contribution in [0.25, 0.3) is 0 Å². The third-order valence-corrected chi connectivity index (χ3v) is 4.36. The Balaban J connectivity index is 1.43. The molecule has 1 spiro atoms. The average molecular weight is 313 g/mol. The van der Waals surface area contributed by atoms with Crippen molar-refractivity contribution < 1.29 is 9.47 Å². The van der Waals surface area contributed by atoms with Crippen molar-refractivity contribution in [2.45, 2.75) is 31.0 Å². The summed E-state index contributed by atoms with van der Waals surface area (Å²) in [4.78, 5) is 19.1. The molecular weight excluding hydrogens is 294 g/mol. The molecule has 0 unspecified atom stereocenters. The summed E-state index contributed by atoms with van der Waals surface area (Å²) in [5, 5.41) is 0. The second-order valence-corrected chi connectivity index (χ2v) is 6.04. The Morgan fingerprint density at radius 1 is 1.09 bits per heavy atom. The van der Waals surface area contributed by atoms with E-state index in [1.54, 1.807) is 30.9 Å². The molecule has 0 bridgehead atoms. The van der Waals surface area contributed by atoms with Crippen LogP contribution in [0.1, 0.15) is 19.3 Å². The van der Waals surface area contributed by atoms with E-state index in [1.807, 2.05) is 6.07 Å². The van der Waals surface area contributed by atoms with Crippen molar-refractivity contribution in [3.63, 3.8) is 0 Å². The van der Waals surface area contributed by atoms with Crippen LogP contribution < -0.4 is 9.64 Å². The molecule has 2 saturated heterocycles. The molecule has 2 fully saturated rings. The number of nitrogens with zero attached hydrogens (tertiary/aromatic N) is 5. The predicted molar refractivity (Wildman–Crippen MR) is 83.2 cm³/mol. The summed E-state index contributed by atoms with van der Waals surface area (Å²) in [6, 6.07) is 4.02. The van der Waals surface area contributed by atoms with E-state index in [4.69, 9.17) is 9.47 Å². The van der Waals surface area contributed by atoms with Crippen LogP contribution in [0.15, 0.2) is 36.9 Å². The van der Waals surface area contributed by atoms with Gasteiger partial charge >= 0.3 is 6.01 Å². The van der Waals surface area contributed by atoms with Crippen molar-refractivity contribution in [1.82, 2.24) is 19.9 Å². The molecule has 120 valence electrons. The first-order valence-corrected chi connectivity index (χ1v) is 7.93. The molecule has 2 aliphatic heterocycles. The lowest BCUT2D eigenvalue weighted by Crippen LogP contribution is -2.48. The molecule has 23 heavy (non-hydrogen) atoms. The van der Waals surface area contributed by atoms with Gasteiger partial charge in [0.1, 0.15) is 6.10 Å². The minimum Gasteiger partial charge on any atom is -0.458 e. The minimum atomic E-state index is -0.184. The van der Waals surface area contributed by atoms with E-state index in [1.165, 1.54) is 0 Å². The fourth-order valence-electron chi connectivity index (χ4n) is 3.38. The first-order valence-electron chi connectivity index (χ1n) is 7.93. The molecule has 2 aliphatic rings. The van der Waals surface area contributed by atoms with E-state index >= 15 is 0 Å². The summed E-state index contributed by atoms with van der Waals surface area (Å²) >= 11 is 0. The predicted octanol–water partition coefficient (Wildman–Crippen LogP) is 1.47. The lowest BCUT2D eigenvalue weighted by molar-refractivity contribution is -0.00858. The molecule has 4 heterocycles. The SMILES string of the molecule is c1cnc(O[C@@H]2CO[C@]3(CCCN(c4ncccn4)C3)C2)nc1. The highest BCUT2D eigenvalue weighted by Gasteiger charge is 2.45. The topological polar surface area (TPSA) is 73.3 Å². The summed E-state index contributed by atoms with van der Waals surface area (Å²) in [6.07, 6.45) is 9.85. The van der Waals surface area contributed by atoms with Gasteiger partial charge < -0.3 is 14.4 Å². The van der Waals surface area contributed by atoms with E-state index < -0.39 is 0 Å². The van der Waals surface area contributed by atoms with Crippen LogP contribution in [0.3, 0.4) is 0 Å². The summed E-state index contributed by atoms with van der Waals surface area (Å²) in [5.74, 6) is 0.769. The molecule has 4 rings (SSSR count). The zero-order valence-corrected chi connectivity index (χ0v) is 12.8. The number of rotatable bonds is 3. The number of anilines is 1.